The fourth-order valence-electron chi connectivity index (χ4n) is 2.00. The summed E-state index contributed by atoms with van der Waals surface area (Å²) in [6, 6.07) is 0. The molecule has 11 nitrogen and oxygen atoms in total. The summed E-state index contributed by atoms with van der Waals surface area (Å²) in [5.41, 5.74) is -0.454. The van der Waals surface area contributed by atoms with Crippen molar-refractivity contribution in [2.75, 3.05) is 59.0 Å². The zero-order chi connectivity index (χ0) is 22.9. The van der Waals surface area contributed by atoms with Crippen LogP contribution in [0, 0.1) is 4.91 Å². The largest absolute Gasteiger partial charge is 0.391 e. The number of aliphatic hydroxyl groups is 1. The quantitative estimate of drug-likeness (QED) is 0.143. The van der Waals surface area contributed by atoms with E-state index in [0.29, 0.717) is 45.9 Å². The molecule has 13 heteroatoms. The number of ether oxygens (including phenoxy) is 3. The van der Waals surface area contributed by atoms with Crippen LogP contribution in [0.5, 0.6) is 0 Å². The summed E-state index contributed by atoms with van der Waals surface area (Å²) in [6.07, 6.45) is 1.20. The number of rotatable bonds is 21. The molecule has 0 saturated heterocycles. The lowest BCUT2D eigenvalue weighted by Crippen LogP contribution is -2.15. The molecule has 0 rings (SSSR count). The Morgan fingerprint density at radius 3 is 1.90 bits per heavy atom. The molecule has 0 aromatic carbocycles. The second kappa shape index (κ2) is 17.3. The summed E-state index contributed by atoms with van der Waals surface area (Å²) in [7, 11) is -7.02. The Balaban J connectivity index is 3.40. The number of hydrogen-bond acceptors (Lipinski definition) is 9. The van der Waals surface area contributed by atoms with Crippen LogP contribution in [0.3, 0.4) is 0 Å². The highest BCUT2D eigenvalue weighted by Gasteiger charge is 2.28. The number of nitrogens with zero attached hydrogens (tertiary/aromatic N) is 1. The van der Waals surface area contributed by atoms with Gasteiger partial charge in [0.1, 0.15) is 0 Å². The van der Waals surface area contributed by atoms with Crippen molar-refractivity contribution in [1.82, 2.24) is 0 Å². The summed E-state index contributed by atoms with van der Waals surface area (Å²) < 4.78 is 49.0. The monoisotopic (exact) mass is 477 g/mol. The number of unbranched alkanes of at least 4 members (excludes halogenated alkanes) is 1. The number of nitroso groups, excluding NO2 is 1. The van der Waals surface area contributed by atoms with Gasteiger partial charge < -0.3 is 33.3 Å². The maximum atomic E-state index is 11.9. The zero-order valence-corrected chi connectivity index (χ0v) is 19.9. The molecule has 2 N–H and O–H groups in total. The topological polar surface area (TPSA) is 150 Å². The van der Waals surface area contributed by atoms with Gasteiger partial charge >= 0.3 is 15.1 Å². The average Bonchev–Trinajstić information content (AvgIpc) is 2.72. The van der Waals surface area contributed by atoms with Crippen LogP contribution in [0.4, 0.5) is 0 Å². The van der Waals surface area contributed by atoms with Crippen molar-refractivity contribution >= 4 is 15.1 Å². The van der Waals surface area contributed by atoms with Gasteiger partial charge in [-0.25, -0.2) is 0 Å². The van der Waals surface area contributed by atoms with E-state index in [4.69, 9.17) is 23.3 Å². The third-order valence-electron chi connectivity index (χ3n) is 3.96. The van der Waals surface area contributed by atoms with Crippen LogP contribution in [0.15, 0.2) is 4.95 Å². The van der Waals surface area contributed by atoms with Crippen molar-refractivity contribution < 1.29 is 42.4 Å². The Labute approximate surface area is 178 Å². The molecule has 0 amide bonds. The van der Waals surface area contributed by atoms with E-state index in [9.17, 15) is 24.0 Å². The zero-order valence-electron chi connectivity index (χ0n) is 18.1. The molecule has 0 aliphatic carbocycles. The first-order valence-corrected chi connectivity index (χ1v) is 13.5. The van der Waals surface area contributed by atoms with Crippen LogP contribution in [0.1, 0.15) is 40.0 Å². The van der Waals surface area contributed by atoms with Crippen molar-refractivity contribution in [2.24, 2.45) is 4.95 Å². The lowest BCUT2D eigenvalue weighted by molar-refractivity contribution is 0.00832. The highest BCUT2D eigenvalue weighted by molar-refractivity contribution is 7.58. The van der Waals surface area contributed by atoms with E-state index in [1.54, 1.807) is 20.8 Å². The Bertz CT molecular complexity index is 535. The minimum atomic E-state index is -3.55. The van der Waals surface area contributed by atoms with Crippen molar-refractivity contribution in [3.05, 3.63) is 4.91 Å². The predicted octanol–water partition coefficient (Wildman–Crippen LogP) is 3.17. The molecule has 180 valence electrons. The van der Waals surface area contributed by atoms with Crippen LogP contribution in [0.25, 0.3) is 0 Å². The molecule has 0 aromatic heterocycles. The molecule has 0 aliphatic rings. The third kappa shape index (κ3) is 15.6. The van der Waals surface area contributed by atoms with Gasteiger partial charge in [-0.15, -0.1) is 4.91 Å². The molecule has 3 unspecified atom stereocenters. The van der Waals surface area contributed by atoms with Gasteiger partial charge in [0.25, 0.3) is 0 Å². The lowest BCUT2D eigenvalue weighted by Gasteiger charge is -2.14. The molecule has 0 heterocycles. The summed E-state index contributed by atoms with van der Waals surface area (Å²) in [5.74, 6) is 0. The molecule has 0 fully saturated rings. The normalized spacial score (nSPS) is 16.9. The van der Waals surface area contributed by atoms with Crippen molar-refractivity contribution in [2.45, 2.75) is 51.8 Å². The maximum Gasteiger partial charge on any atom is 0.355 e. The van der Waals surface area contributed by atoms with E-state index < -0.39 is 26.9 Å². The van der Waals surface area contributed by atoms with E-state index in [2.05, 4.69) is 4.95 Å². The minimum Gasteiger partial charge on any atom is -0.391 e. The van der Waals surface area contributed by atoms with Crippen LogP contribution in [-0.4, -0.2) is 80.8 Å². The summed E-state index contributed by atoms with van der Waals surface area (Å²) in [6.45, 7) is 6.94. The predicted molar refractivity (Wildman–Crippen MR) is 113 cm³/mol. The van der Waals surface area contributed by atoms with Crippen molar-refractivity contribution in [1.29, 1.82) is 0 Å². The van der Waals surface area contributed by atoms with Gasteiger partial charge in [0.2, 0.25) is 0 Å². The maximum absolute atomic E-state index is 11.9. The average molecular weight is 477 g/mol. The van der Waals surface area contributed by atoms with Gasteiger partial charge in [-0.2, -0.15) is 0 Å². The van der Waals surface area contributed by atoms with Crippen LogP contribution < -0.4 is 0 Å². The standard InChI is InChI=1S/C17H37NO10P2/c1-4-29(21,22)28-15-17(19)7-5-6-8-24-9-10-25-11-12-26-13-14-27-30(23,18-20)16(2)3/h16-17,19H,4-15H2,1-3H3,(H,21,22). The number of aliphatic hydroxyl groups excluding tert-OH is 1. The summed E-state index contributed by atoms with van der Waals surface area (Å²) in [5, 5.41) is 9.69. The summed E-state index contributed by atoms with van der Waals surface area (Å²) >= 11 is 0. The first-order valence-electron chi connectivity index (χ1n) is 10.1. The first kappa shape index (κ1) is 29.8. The minimum absolute atomic E-state index is 0.0246. The molecule has 0 spiro atoms. The molecule has 0 radical (unpaired) electrons. The molecule has 0 bridgehead atoms. The fourth-order valence-corrected chi connectivity index (χ4v) is 3.45. The Morgan fingerprint density at radius 2 is 1.40 bits per heavy atom. The second-order valence-electron chi connectivity index (χ2n) is 6.81. The van der Waals surface area contributed by atoms with Crippen molar-refractivity contribution in [3.8, 4) is 0 Å². The highest BCUT2D eigenvalue weighted by atomic mass is 31.2. The summed E-state index contributed by atoms with van der Waals surface area (Å²) in [4.78, 5) is 22.4. The Morgan fingerprint density at radius 1 is 0.867 bits per heavy atom. The Hall–Kier alpha value is -0.220. The molecular weight excluding hydrogens is 440 g/mol. The second-order valence-corrected chi connectivity index (χ2v) is 11.6. The lowest BCUT2D eigenvalue weighted by atomic mass is 10.2. The SMILES string of the molecule is CCP(=O)(O)OCC(O)CCCCOCCOCCOCCOP(=O)(N=O)C(C)C. The number of hydrogen-bond donors (Lipinski definition) is 2. The third-order valence-corrected chi connectivity index (χ3v) is 7.40. The van der Waals surface area contributed by atoms with E-state index in [1.807, 2.05) is 0 Å². The first-order chi connectivity index (χ1) is 14.2. The van der Waals surface area contributed by atoms with Gasteiger partial charge in [0.15, 0.2) is 0 Å². The van der Waals surface area contributed by atoms with Crippen LogP contribution in [0.2, 0.25) is 0 Å². The fraction of sp³-hybridized carbons (Fsp3) is 1.00. The van der Waals surface area contributed by atoms with Gasteiger partial charge in [0.05, 0.1) is 58.0 Å². The van der Waals surface area contributed by atoms with Gasteiger partial charge in [-0.3, -0.25) is 9.13 Å². The van der Waals surface area contributed by atoms with E-state index >= 15 is 0 Å². The van der Waals surface area contributed by atoms with Gasteiger partial charge in [-0.05, 0) is 19.3 Å². The molecule has 0 aliphatic heterocycles. The molecule has 0 aromatic rings. The Kier molecular flexibility index (Phi) is 17.2. The van der Waals surface area contributed by atoms with Crippen LogP contribution in [-0.2, 0) is 32.4 Å². The molecular formula is C17H37NO10P2. The van der Waals surface area contributed by atoms with Crippen LogP contribution >= 0.6 is 15.1 Å². The van der Waals surface area contributed by atoms with Gasteiger partial charge in [0, 0.05) is 17.7 Å². The highest BCUT2D eigenvalue weighted by Crippen LogP contribution is 2.52. The van der Waals surface area contributed by atoms with Gasteiger partial charge in [-0.1, -0.05) is 20.8 Å². The molecule has 30 heavy (non-hydrogen) atoms. The van der Waals surface area contributed by atoms with E-state index in [0.717, 1.165) is 6.42 Å². The van der Waals surface area contributed by atoms with E-state index in [1.165, 1.54) is 0 Å². The van der Waals surface area contributed by atoms with E-state index in [-0.39, 0.29) is 26.0 Å². The van der Waals surface area contributed by atoms with Crippen molar-refractivity contribution in [3.63, 3.8) is 0 Å². The smallest absolute Gasteiger partial charge is 0.355 e. The molecule has 0 saturated carbocycles. The molecule has 3 atom stereocenters.